The van der Waals surface area contributed by atoms with Gasteiger partial charge in [-0.05, 0) is 30.3 Å². The summed E-state index contributed by atoms with van der Waals surface area (Å²) in [5.41, 5.74) is 5.92. The molecule has 0 spiro atoms. The van der Waals surface area contributed by atoms with Crippen molar-refractivity contribution >= 4 is 15.5 Å². The van der Waals surface area contributed by atoms with Crippen LogP contribution in [0, 0.1) is 5.82 Å². The molecule has 0 bridgehead atoms. The van der Waals surface area contributed by atoms with E-state index in [2.05, 4.69) is 0 Å². The van der Waals surface area contributed by atoms with Gasteiger partial charge >= 0.3 is 0 Å². The van der Waals surface area contributed by atoms with Crippen molar-refractivity contribution in [1.29, 1.82) is 0 Å². The highest BCUT2D eigenvalue weighted by Gasteiger charge is 2.09. The number of halogens is 1. The van der Waals surface area contributed by atoms with Crippen LogP contribution in [0.2, 0.25) is 0 Å². The summed E-state index contributed by atoms with van der Waals surface area (Å²) in [6.07, 6.45) is 1.10. The van der Waals surface area contributed by atoms with E-state index in [1.54, 1.807) is 12.1 Å². The minimum Gasteiger partial charge on any atom is -0.455 e. The maximum Gasteiger partial charge on any atom is 0.175 e. The van der Waals surface area contributed by atoms with E-state index in [0.29, 0.717) is 0 Å². The fourth-order valence-corrected chi connectivity index (χ4v) is 2.15. The zero-order chi connectivity index (χ0) is 14.0. The maximum absolute atomic E-state index is 13.1. The molecule has 0 unspecified atom stereocenters. The minimum atomic E-state index is -3.32. The van der Waals surface area contributed by atoms with E-state index in [1.807, 2.05) is 0 Å². The molecule has 0 aliphatic rings. The van der Waals surface area contributed by atoms with E-state index >= 15 is 0 Å². The van der Waals surface area contributed by atoms with Gasteiger partial charge in [-0.2, -0.15) is 0 Å². The topological polar surface area (TPSA) is 69.4 Å². The number of sulfone groups is 1. The Labute approximate surface area is 110 Å². The van der Waals surface area contributed by atoms with Crippen molar-refractivity contribution in [2.24, 2.45) is 0 Å². The molecule has 6 heteroatoms. The second-order valence-electron chi connectivity index (χ2n) is 4.03. The van der Waals surface area contributed by atoms with Crippen molar-refractivity contribution in [1.82, 2.24) is 0 Å². The highest BCUT2D eigenvalue weighted by Crippen LogP contribution is 2.29. The van der Waals surface area contributed by atoms with E-state index < -0.39 is 15.7 Å². The van der Waals surface area contributed by atoms with Gasteiger partial charge in [-0.15, -0.1) is 0 Å². The lowest BCUT2D eigenvalue weighted by atomic mass is 10.3. The summed E-state index contributed by atoms with van der Waals surface area (Å²) >= 11 is 0. The lowest BCUT2D eigenvalue weighted by Gasteiger charge is -2.09. The van der Waals surface area contributed by atoms with Crippen LogP contribution in [0.3, 0.4) is 0 Å². The van der Waals surface area contributed by atoms with Gasteiger partial charge in [0, 0.05) is 12.3 Å². The number of benzene rings is 2. The molecule has 0 atom stereocenters. The van der Waals surface area contributed by atoms with Gasteiger partial charge < -0.3 is 10.5 Å². The molecule has 2 aromatic carbocycles. The highest BCUT2D eigenvalue weighted by molar-refractivity contribution is 7.90. The van der Waals surface area contributed by atoms with Crippen LogP contribution in [-0.4, -0.2) is 14.7 Å². The Morgan fingerprint density at radius 3 is 2.58 bits per heavy atom. The number of hydrogen-bond acceptors (Lipinski definition) is 4. The number of hydrogen-bond donors (Lipinski definition) is 1. The molecule has 0 radical (unpaired) electrons. The molecule has 0 aromatic heterocycles. The van der Waals surface area contributed by atoms with E-state index in [1.165, 1.54) is 24.3 Å². The van der Waals surface area contributed by atoms with E-state index in [4.69, 9.17) is 10.5 Å². The number of nitrogen functional groups attached to an aromatic ring is 1. The van der Waals surface area contributed by atoms with Crippen LogP contribution < -0.4 is 10.5 Å². The summed E-state index contributed by atoms with van der Waals surface area (Å²) in [4.78, 5) is 0.125. The van der Waals surface area contributed by atoms with Crippen molar-refractivity contribution in [3.63, 3.8) is 0 Å². The van der Waals surface area contributed by atoms with Gasteiger partial charge in [-0.25, -0.2) is 12.8 Å². The predicted molar refractivity (Wildman–Crippen MR) is 70.4 cm³/mol. The van der Waals surface area contributed by atoms with Crippen molar-refractivity contribution < 1.29 is 17.5 Å². The van der Waals surface area contributed by atoms with E-state index in [9.17, 15) is 12.8 Å². The number of nitrogens with two attached hydrogens (primary N) is 1. The fraction of sp³-hybridized carbons (Fsp3) is 0.0769. The van der Waals surface area contributed by atoms with Gasteiger partial charge in [0.25, 0.3) is 0 Å². The Kier molecular flexibility index (Phi) is 3.44. The molecule has 19 heavy (non-hydrogen) atoms. The molecule has 0 saturated heterocycles. The summed E-state index contributed by atoms with van der Waals surface area (Å²) in [5.74, 6) is -0.0608. The van der Waals surface area contributed by atoms with Gasteiger partial charge in [-0.1, -0.05) is 6.07 Å². The van der Waals surface area contributed by atoms with Crippen LogP contribution in [0.5, 0.6) is 11.5 Å². The number of rotatable bonds is 3. The molecular formula is C13H12FNO3S. The standard InChI is InChI=1S/C13H12FNO3S/c1-19(16,17)11-4-2-3-10(8-11)18-13-7-9(14)5-6-12(13)15/h2-8H,15H2,1H3. The van der Waals surface area contributed by atoms with Gasteiger partial charge in [0.15, 0.2) is 15.6 Å². The molecule has 0 aliphatic carbocycles. The lowest BCUT2D eigenvalue weighted by molar-refractivity contribution is 0.477. The summed E-state index contributed by atoms with van der Waals surface area (Å²) in [6.45, 7) is 0. The molecule has 2 N–H and O–H groups in total. The second kappa shape index (κ2) is 4.89. The zero-order valence-corrected chi connectivity index (χ0v) is 10.9. The Hall–Kier alpha value is -2.08. The van der Waals surface area contributed by atoms with Crippen LogP contribution in [-0.2, 0) is 9.84 Å². The monoisotopic (exact) mass is 281 g/mol. The van der Waals surface area contributed by atoms with Gasteiger partial charge in [0.2, 0.25) is 0 Å². The molecular weight excluding hydrogens is 269 g/mol. The smallest absolute Gasteiger partial charge is 0.175 e. The summed E-state index contributed by atoms with van der Waals surface area (Å²) < 4.78 is 41.3. The largest absolute Gasteiger partial charge is 0.455 e. The first-order chi connectivity index (χ1) is 8.86. The normalized spacial score (nSPS) is 11.3. The van der Waals surface area contributed by atoms with Crippen LogP contribution in [0.1, 0.15) is 0 Å². The van der Waals surface area contributed by atoms with Crippen LogP contribution in [0.15, 0.2) is 47.4 Å². The van der Waals surface area contributed by atoms with Crippen LogP contribution in [0.4, 0.5) is 10.1 Å². The molecule has 0 saturated carbocycles. The average Bonchev–Trinajstić information content (AvgIpc) is 2.33. The van der Waals surface area contributed by atoms with Crippen molar-refractivity contribution in [2.45, 2.75) is 4.90 Å². The third-order valence-electron chi connectivity index (χ3n) is 2.44. The highest BCUT2D eigenvalue weighted by atomic mass is 32.2. The quantitative estimate of drug-likeness (QED) is 0.878. The Morgan fingerprint density at radius 1 is 1.16 bits per heavy atom. The van der Waals surface area contributed by atoms with Gasteiger partial charge in [-0.3, -0.25) is 0 Å². The summed E-state index contributed by atoms with van der Waals surface area (Å²) in [6, 6.07) is 9.67. The molecule has 0 aliphatic heterocycles. The molecule has 0 amide bonds. The number of ether oxygens (including phenoxy) is 1. The van der Waals surface area contributed by atoms with Crippen LogP contribution >= 0.6 is 0 Å². The zero-order valence-electron chi connectivity index (χ0n) is 10.1. The first-order valence-electron chi connectivity index (χ1n) is 5.39. The second-order valence-corrected chi connectivity index (χ2v) is 6.05. The Morgan fingerprint density at radius 2 is 1.89 bits per heavy atom. The Balaban J connectivity index is 2.36. The summed E-state index contributed by atoms with van der Waals surface area (Å²) in [7, 11) is -3.32. The van der Waals surface area contributed by atoms with Gasteiger partial charge in [0.1, 0.15) is 11.6 Å². The minimum absolute atomic E-state index is 0.125. The molecule has 2 rings (SSSR count). The Bertz CT molecular complexity index is 714. The molecule has 100 valence electrons. The SMILES string of the molecule is CS(=O)(=O)c1cccc(Oc2cc(F)ccc2N)c1. The van der Waals surface area contributed by atoms with E-state index in [-0.39, 0.29) is 22.1 Å². The molecule has 0 heterocycles. The third-order valence-corrected chi connectivity index (χ3v) is 3.55. The van der Waals surface area contributed by atoms with Crippen molar-refractivity contribution in [2.75, 3.05) is 12.0 Å². The molecule has 0 fully saturated rings. The molecule has 4 nitrogen and oxygen atoms in total. The first kappa shape index (κ1) is 13.4. The maximum atomic E-state index is 13.1. The average molecular weight is 281 g/mol. The van der Waals surface area contributed by atoms with Crippen molar-refractivity contribution in [3.8, 4) is 11.5 Å². The predicted octanol–water partition coefficient (Wildman–Crippen LogP) is 2.60. The lowest BCUT2D eigenvalue weighted by Crippen LogP contribution is -1.98. The van der Waals surface area contributed by atoms with Gasteiger partial charge in [0.05, 0.1) is 10.6 Å². The fourth-order valence-electron chi connectivity index (χ4n) is 1.49. The van der Waals surface area contributed by atoms with Crippen LogP contribution in [0.25, 0.3) is 0 Å². The third kappa shape index (κ3) is 3.23. The number of anilines is 1. The van der Waals surface area contributed by atoms with E-state index in [0.717, 1.165) is 12.3 Å². The first-order valence-corrected chi connectivity index (χ1v) is 7.28. The molecule has 2 aromatic rings. The van der Waals surface area contributed by atoms with Crippen molar-refractivity contribution in [3.05, 3.63) is 48.3 Å². The summed E-state index contributed by atoms with van der Waals surface area (Å²) in [5, 5.41) is 0.